The molecule has 0 radical (unpaired) electrons. The molecule has 0 aromatic heterocycles. The summed E-state index contributed by atoms with van der Waals surface area (Å²) in [6, 6.07) is 0.245. The van der Waals surface area contributed by atoms with Crippen LogP contribution >= 0.6 is 0 Å². The molecule has 0 aromatic rings. The van der Waals surface area contributed by atoms with E-state index >= 15 is 0 Å². The lowest BCUT2D eigenvalue weighted by atomic mass is 10.2. The maximum absolute atomic E-state index is 5.50. The van der Waals surface area contributed by atoms with Gasteiger partial charge in [0.1, 0.15) is 0 Å². The number of hydrogen-bond donors (Lipinski definition) is 3. The van der Waals surface area contributed by atoms with E-state index in [1.165, 1.54) is 0 Å². The fourth-order valence-electron chi connectivity index (χ4n) is 0.621. The van der Waals surface area contributed by atoms with Gasteiger partial charge in [-0.3, -0.25) is 4.99 Å². The van der Waals surface area contributed by atoms with Crippen molar-refractivity contribution in [3.8, 4) is 0 Å². The SMILES string of the molecule is CC(N)CCCN=C(N)N. The monoisotopic (exact) mass is 144 g/mol. The van der Waals surface area contributed by atoms with Crippen molar-refractivity contribution in [3.63, 3.8) is 0 Å². The second-order valence-electron chi connectivity index (χ2n) is 2.43. The first-order chi connectivity index (χ1) is 4.63. The summed E-state index contributed by atoms with van der Waals surface area (Å²) in [7, 11) is 0. The van der Waals surface area contributed by atoms with E-state index in [1.54, 1.807) is 0 Å². The van der Waals surface area contributed by atoms with Crippen molar-refractivity contribution < 1.29 is 0 Å². The minimum absolute atomic E-state index is 0.157. The highest BCUT2D eigenvalue weighted by molar-refractivity contribution is 5.75. The van der Waals surface area contributed by atoms with Crippen molar-refractivity contribution >= 4 is 5.96 Å². The van der Waals surface area contributed by atoms with Crippen LogP contribution in [0.5, 0.6) is 0 Å². The van der Waals surface area contributed by atoms with Gasteiger partial charge in [-0.25, -0.2) is 0 Å². The summed E-state index contributed by atoms with van der Waals surface area (Å²) in [4.78, 5) is 3.81. The van der Waals surface area contributed by atoms with Gasteiger partial charge in [0.05, 0.1) is 0 Å². The number of rotatable bonds is 4. The van der Waals surface area contributed by atoms with Crippen LogP contribution in [0, 0.1) is 0 Å². The third-order valence-corrected chi connectivity index (χ3v) is 1.11. The molecule has 0 aliphatic carbocycles. The minimum atomic E-state index is 0.157. The lowest BCUT2D eigenvalue weighted by Gasteiger charge is -2.00. The van der Waals surface area contributed by atoms with Crippen LogP contribution in [0.1, 0.15) is 19.8 Å². The predicted molar refractivity (Wildman–Crippen MR) is 43.6 cm³/mol. The summed E-state index contributed by atoms with van der Waals surface area (Å²) in [6.45, 7) is 2.65. The van der Waals surface area contributed by atoms with Crippen LogP contribution in [0.3, 0.4) is 0 Å². The molecule has 0 bridgehead atoms. The molecule has 0 saturated carbocycles. The van der Waals surface area contributed by atoms with Crippen LogP contribution in [0.4, 0.5) is 0 Å². The average Bonchev–Trinajstić information content (AvgIpc) is 1.79. The van der Waals surface area contributed by atoms with Gasteiger partial charge in [0.15, 0.2) is 5.96 Å². The Balaban J connectivity index is 3.13. The van der Waals surface area contributed by atoms with Crippen molar-refractivity contribution in [1.82, 2.24) is 0 Å². The highest BCUT2D eigenvalue weighted by atomic mass is 15.0. The molecule has 4 heteroatoms. The molecule has 1 unspecified atom stereocenters. The van der Waals surface area contributed by atoms with Gasteiger partial charge in [-0.2, -0.15) is 0 Å². The van der Waals surface area contributed by atoms with Gasteiger partial charge >= 0.3 is 0 Å². The van der Waals surface area contributed by atoms with Gasteiger partial charge in [0, 0.05) is 12.6 Å². The topological polar surface area (TPSA) is 90.4 Å². The second-order valence-corrected chi connectivity index (χ2v) is 2.43. The van der Waals surface area contributed by atoms with Crippen LogP contribution in [0.15, 0.2) is 4.99 Å². The summed E-state index contributed by atoms with van der Waals surface area (Å²) < 4.78 is 0. The third kappa shape index (κ3) is 7.23. The van der Waals surface area contributed by atoms with E-state index in [2.05, 4.69) is 4.99 Å². The van der Waals surface area contributed by atoms with Gasteiger partial charge in [0.2, 0.25) is 0 Å². The Labute approximate surface area is 61.5 Å². The fraction of sp³-hybridized carbons (Fsp3) is 0.833. The smallest absolute Gasteiger partial charge is 0.185 e. The maximum atomic E-state index is 5.50. The number of hydrogen-bond acceptors (Lipinski definition) is 2. The fourth-order valence-corrected chi connectivity index (χ4v) is 0.621. The number of aliphatic imine (C=N–C) groups is 1. The summed E-state index contributed by atoms with van der Waals surface area (Å²) in [6.07, 6.45) is 1.92. The lowest BCUT2D eigenvalue weighted by molar-refractivity contribution is 0.631. The largest absolute Gasteiger partial charge is 0.370 e. The first-order valence-electron chi connectivity index (χ1n) is 3.44. The van der Waals surface area contributed by atoms with E-state index in [4.69, 9.17) is 17.2 Å². The van der Waals surface area contributed by atoms with Gasteiger partial charge in [-0.1, -0.05) is 0 Å². The minimum Gasteiger partial charge on any atom is -0.370 e. The first kappa shape index (κ1) is 9.23. The number of nitrogens with zero attached hydrogens (tertiary/aromatic N) is 1. The number of nitrogens with two attached hydrogens (primary N) is 3. The Morgan fingerprint density at radius 2 is 2.10 bits per heavy atom. The molecule has 0 aliphatic rings. The third-order valence-electron chi connectivity index (χ3n) is 1.11. The Morgan fingerprint density at radius 1 is 1.50 bits per heavy atom. The summed E-state index contributed by atoms with van der Waals surface area (Å²) >= 11 is 0. The van der Waals surface area contributed by atoms with Crippen molar-refractivity contribution in [2.45, 2.75) is 25.8 Å². The molecule has 0 aromatic carbocycles. The molecular formula is C6H16N4. The molecule has 0 fully saturated rings. The van der Waals surface area contributed by atoms with Gasteiger partial charge < -0.3 is 17.2 Å². The summed E-state index contributed by atoms with van der Waals surface area (Å²) in [5, 5.41) is 0. The molecule has 10 heavy (non-hydrogen) atoms. The summed E-state index contributed by atoms with van der Waals surface area (Å²) in [5.74, 6) is 0.157. The van der Waals surface area contributed by atoms with Crippen molar-refractivity contribution in [3.05, 3.63) is 0 Å². The zero-order valence-electron chi connectivity index (χ0n) is 6.38. The van der Waals surface area contributed by atoms with Gasteiger partial charge in [-0.05, 0) is 19.8 Å². The van der Waals surface area contributed by atoms with Crippen LogP contribution < -0.4 is 17.2 Å². The molecule has 4 nitrogen and oxygen atoms in total. The Bertz CT molecular complexity index is 104. The standard InChI is InChI=1S/C6H16N4/c1-5(7)3-2-4-10-6(8)9/h5H,2-4,7H2,1H3,(H4,8,9,10). The van der Waals surface area contributed by atoms with Crippen LogP contribution in [-0.4, -0.2) is 18.5 Å². The normalized spacial score (nSPS) is 12.6. The number of guanidine groups is 1. The quantitative estimate of drug-likeness (QED) is 0.279. The van der Waals surface area contributed by atoms with E-state index in [-0.39, 0.29) is 12.0 Å². The van der Waals surface area contributed by atoms with Gasteiger partial charge in [0.25, 0.3) is 0 Å². The molecule has 6 N–H and O–H groups in total. The van der Waals surface area contributed by atoms with Crippen molar-refractivity contribution in [2.75, 3.05) is 6.54 Å². The van der Waals surface area contributed by atoms with E-state index < -0.39 is 0 Å². The second kappa shape index (κ2) is 5.05. The van der Waals surface area contributed by atoms with Gasteiger partial charge in [-0.15, -0.1) is 0 Å². The Morgan fingerprint density at radius 3 is 2.50 bits per heavy atom. The molecule has 60 valence electrons. The summed E-state index contributed by atoms with van der Waals surface area (Å²) in [5.41, 5.74) is 15.7. The zero-order chi connectivity index (χ0) is 7.98. The maximum Gasteiger partial charge on any atom is 0.185 e. The molecule has 0 heterocycles. The van der Waals surface area contributed by atoms with Crippen LogP contribution in [-0.2, 0) is 0 Å². The predicted octanol–water partition coefficient (Wildman–Crippen LogP) is -0.613. The Kier molecular flexibility index (Phi) is 4.66. The van der Waals surface area contributed by atoms with E-state index in [9.17, 15) is 0 Å². The lowest BCUT2D eigenvalue weighted by Crippen LogP contribution is -2.23. The first-order valence-corrected chi connectivity index (χ1v) is 3.44. The highest BCUT2D eigenvalue weighted by Crippen LogP contribution is 1.92. The van der Waals surface area contributed by atoms with E-state index in [1.807, 2.05) is 6.92 Å². The molecule has 0 rings (SSSR count). The van der Waals surface area contributed by atoms with Crippen LogP contribution in [0.2, 0.25) is 0 Å². The zero-order valence-corrected chi connectivity index (χ0v) is 6.38. The molecular weight excluding hydrogens is 128 g/mol. The van der Waals surface area contributed by atoms with Crippen molar-refractivity contribution in [1.29, 1.82) is 0 Å². The molecule has 0 amide bonds. The van der Waals surface area contributed by atoms with E-state index in [0.717, 1.165) is 12.8 Å². The Hall–Kier alpha value is -0.770. The van der Waals surface area contributed by atoms with Crippen molar-refractivity contribution in [2.24, 2.45) is 22.2 Å². The average molecular weight is 144 g/mol. The highest BCUT2D eigenvalue weighted by Gasteiger charge is 1.91. The molecule has 0 saturated heterocycles. The molecule has 0 aliphatic heterocycles. The van der Waals surface area contributed by atoms with Crippen LogP contribution in [0.25, 0.3) is 0 Å². The van der Waals surface area contributed by atoms with E-state index in [0.29, 0.717) is 6.54 Å². The molecule has 0 spiro atoms. The molecule has 1 atom stereocenters.